The molecule has 0 aliphatic carbocycles. The molecule has 114 valence electrons. The second-order valence-electron chi connectivity index (χ2n) is 4.97. The number of nitrogens with zero attached hydrogens (tertiary/aromatic N) is 3. The molecule has 2 aromatic rings. The lowest BCUT2D eigenvalue weighted by molar-refractivity contribution is 0.531. The molecule has 1 atom stereocenters. The number of nitrogens with one attached hydrogen (secondary N) is 1. The first-order valence-electron chi connectivity index (χ1n) is 7.10. The Balaban J connectivity index is 2.12. The number of aryl methyl sites for hydroxylation is 2. The number of benzene rings is 1. The van der Waals surface area contributed by atoms with Crippen LogP contribution in [0.5, 0.6) is 0 Å². The molecule has 2 rings (SSSR count). The monoisotopic (exact) mass is 368 g/mol. The fraction of sp³-hybridized carbons (Fsp3) is 0.467. The molecular formula is C15H21BrN4S. The Kier molecular flexibility index (Phi) is 6.26. The summed E-state index contributed by atoms with van der Waals surface area (Å²) >= 11 is 5.38. The third-order valence-electron chi connectivity index (χ3n) is 3.30. The van der Waals surface area contributed by atoms with E-state index in [-0.39, 0.29) is 6.04 Å². The van der Waals surface area contributed by atoms with Crippen LogP contribution in [0.4, 0.5) is 0 Å². The van der Waals surface area contributed by atoms with Gasteiger partial charge in [-0.25, -0.2) is 4.68 Å². The van der Waals surface area contributed by atoms with Crippen LogP contribution < -0.4 is 5.32 Å². The van der Waals surface area contributed by atoms with E-state index in [1.165, 1.54) is 10.5 Å². The van der Waals surface area contributed by atoms with E-state index >= 15 is 0 Å². The zero-order chi connectivity index (χ0) is 15.2. The summed E-state index contributed by atoms with van der Waals surface area (Å²) in [4.78, 5) is 1.33. The molecule has 0 bridgehead atoms. The van der Waals surface area contributed by atoms with Crippen molar-refractivity contribution in [3.63, 3.8) is 0 Å². The zero-order valence-corrected chi connectivity index (χ0v) is 15.0. The lowest BCUT2D eigenvalue weighted by Gasteiger charge is -2.19. The van der Waals surface area contributed by atoms with Gasteiger partial charge < -0.3 is 5.32 Å². The SMILES string of the molecule is CCCNC(CSc1ccccc1C)c1c(Br)nnn1C. The average Bonchev–Trinajstić information content (AvgIpc) is 2.81. The van der Waals surface area contributed by atoms with Crippen molar-refractivity contribution in [1.82, 2.24) is 20.3 Å². The highest BCUT2D eigenvalue weighted by molar-refractivity contribution is 9.10. The first kappa shape index (κ1) is 16.5. The van der Waals surface area contributed by atoms with E-state index in [4.69, 9.17) is 0 Å². The maximum atomic E-state index is 4.10. The highest BCUT2D eigenvalue weighted by atomic mass is 79.9. The molecule has 1 aromatic heterocycles. The van der Waals surface area contributed by atoms with Crippen LogP contribution in [-0.4, -0.2) is 27.3 Å². The van der Waals surface area contributed by atoms with Crippen molar-refractivity contribution in [2.24, 2.45) is 7.05 Å². The molecular weight excluding hydrogens is 348 g/mol. The molecule has 0 fully saturated rings. The van der Waals surface area contributed by atoms with Crippen LogP contribution in [0.3, 0.4) is 0 Å². The van der Waals surface area contributed by atoms with Gasteiger partial charge in [0, 0.05) is 17.7 Å². The second kappa shape index (κ2) is 7.96. The largest absolute Gasteiger partial charge is 0.308 e. The van der Waals surface area contributed by atoms with E-state index in [1.54, 1.807) is 0 Å². The first-order valence-corrected chi connectivity index (χ1v) is 8.88. The maximum absolute atomic E-state index is 4.10. The Labute approximate surface area is 138 Å². The van der Waals surface area contributed by atoms with Gasteiger partial charge in [-0.05, 0) is 47.4 Å². The van der Waals surface area contributed by atoms with Gasteiger partial charge in [0.05, 0.1) is 11.7 Å². The van der Waals surface area contributed by atoms with Crippen molar-refractivity contribution in [3.8, 4) is 0 Å². The molecule has 21 heavy (non-hydrogen) atoms. The first-order chi connectivity index (χ1) is 10.1. The predicted molar refractivity (Wildman–Crippen MR) is 91.6 cm³/mol. The molecule has 1 heterocycles. The van der Waals surface area contributed by atoms with Gasteiger partial charge >= 0.3 is 0 Å². The van der Waals surface area contributed by atoms with Crippen molar-refractivity contribution in [1.29, 1.82) is 0 Å². The standard InChI is InChI=1S/C15H21BrN4S/c1-4-9-17-12(14-15(16)18-19-20(14)3)10-21-13-8-6-5-7-11(13)2/h5-8,12,17H,4,9-10H2,1-3H3. The highest BCUT2D eigenvalue weighted by Crippen LogP contribution is 2.29. The van der Waals surface area contributed by atoms with E-state index < -0.39 is 0 Å². The normalized spacial score (nSPS) is 12.6. The van der Waals surface area contributed by atoms with Gasteiger partial charge in [-0.15, -0.1) is 16.9 Å². The Hall–Kier alpha value is -0.850. The summed E-state index contributed by atoms with van der Waals surface area (Å²) in [7, 11) is 1.94. The lowest BCUT2D eigenvalue weighted by atomic mass is 10.2. The van der Waals surface area contributed by atoms with Crippen LogP contribution in [-0.2, 0) is 7.05 Å². The quantitative estimate of drug-likeness (QED) is 0.756. The molecule has 0 saturated carbocycles. The van der Waals surface area contributed by atoms with E-state index in [2.05, 4.69) is 69.7 Å². The number of hydrogen-bond acceptors (Lipinski definition) is 4. The maximum Gasteiger partial charge on any atom is 0.153 e. The van der Waals surface area contributed by atoms with Crippen LogP contribution in [0.2, 0.25) is 0 Å². The second-order valence-corrected chi connectivity index (χ2v) is 6.79. The molecule has 0 aliphatic rings. The molecule has 6 heteroatoms. The summed E-state index contributed by atoms with van der Waals surface area (Å²) in [5.41, 5.74) is 2.42. The third kappa shape index (κ3) is 4.31. The van der Waals surface area contributed by atoms with Gasteiger partial charge in [-0.2, -0.15) is 0 Å². The molecule has 0 saturated heterocycles. The summed E-state index contributed by atoms with van der Waals surface area (Å²) in [6.07, 6.45) is 1.11. The number of halogens is 1. The van der Waals surface area contributed by atoms with Crippen molar-refractivity contribution in [2.45, 2.75) is 31.2 Å². The van der Waals surface area contributed by atoms with E-state index in [1.807, 2.05) is 23.5 Å². The van der Waals surface area contributed by atoms with Crippen molar-refractivity contribution >= 4 is 27.7 Å². The van der Waals surface area contributed by atoms with Gasteiger partial charge in [0.15, 0.2) is 4.60 Å². The fourth-order valence-electron chi connectivity index (χ4n) is 2.15. The van der Waals surface area contributed by atoms with Crippen LogP contribution in [0.25, 0.3) is 0 Å². The molecule has 1 aromatic carbocycles. The molecule has 0 aliphatic heterocycles. The molecule has 0 radical (unpaired) electrons. The molecule has 1 N–H and O–H groups in total. The van der Waals surface area contributed by atoms with Gasteiger partial charge in [0.25, 0.3) is 0 Å². The highest BCUT2D eigenvalue weighted by Gasteiger charge is 2.20. The lowest BCUT2D eigenvalue weighted by Crippen LogP contribution is -2.26. The van der Waals surface area contributed by atoms with Gasteiger partial charge in [-0.3, -0.25) is 0 Å². The summed E-state index contributed by atoms with van der Waals surface area (Å²) in [6.45, 7) is 5.31. The molecule has 0 spiro atoms. The van der Waals surface area contributed by atoms with Crippen LogP contribution in [0, 0.1) is 6.92 Å². The van der Waals surface area contributed by atoms with Crippen LogP contribution in [0.1, 0.15) is 30.6 Å². The number of hydrogen-bond donors (Lipinski definition) is 1. The fourth-order valence-corrected chi connectivity index (χ4v) is 3.85. The number of rotatable bonds is 7. The summed E-state index contributed by atoms with van der Waals surface area (Å²) < 4.78 is 2.67. The summed E-state index contributed by atoms with van der Waals surface area (Å²) in [5, 5.41) is 11.8. The zero-order valence-electron chi connectivity index (χ0n) is 12.6. The minimum Gasteiger partial charge on any atom is -0.308 e. The van der Waals surface area contributed by atoms with E-state index in [0.29, 0.717) is 0 Å². The smallest absolute Gasteiger partial charge is 0.153 e. The van der Waals surface area contributed by atoms with E-state index in [9.17, 15) is 0 Å². The van der Waals surface area contributed by atoms with Crippen LogP contribution in [0.15, 0.2) is 33.8 Å². The Morgan fingerprint density at radius 3 is 2.76 bits per heavy atom. The number of aromatic nitrogens is 3. The topological polar surface area (TPSA) is 42.7 Å². The van der Waals surface area contributed by atoms with Crippen molar-refractivity contribution < 1.29 is 0 Å². The predicted octanol–water partition coefficient (Wildman–Crippen LogP) is 3.72. The summed E-state index contributed by atoms with van der Waals surface area (Å²) in [5.74, 6) is 0.949. The van der Waals surface area contributed by atoms with Crippen LogP contribution >= 0.6 is 27.7 Å². The average molecular weight is 369 g/mol. The number of thioether (sulfide) groups is 1. The molecule has 4 nitrogen and oxygen atoms in total. The molecule has 1 unspecified atom stereocenters. The van der Waals surface area contributed by atoms with Crippen molar-refractivity contribution in [2.75, 3.05) is 12.3 Å². The van der Waals surface area contributed by atoms with E-state index in [0.717, 1.165) is 29.0 Å². The Morgan fingerprint density at radius 2 is 2.14 bits per heavy atom. The Morgan fingerprint density at radius 1 is 1.38 bits per heavy atom. The minimum absolute atomic E-state index is 0.226. The van der Waals surface area contributed by atoms with Gasteiger partial charge in [0.2, 0.25) is 0 Å². The minimum atomic E-state index is 0.226. The third-order valence-corrected chi connectivity index (χ3v) is 5.13. The van der Waals surface area contributed by atoms with Crippen molar-refractivity contribution in [3.05, 3.63) is 40.1 Å². The van der Waals surface area contributed by atoms with Gasteiger partial charge in [-0.1, -0.05) is 30.3 Å². The Bertz CT molecular complexity index is 565. The van der Waals surface area contributed by atoms with Gasteiger partial charge in [0.1, 0.15) is 0 Å². The summed E-state index contributed by atoms with van der Waals surface area (Å²) in [6, 6.07) is 8.72. The molecule has 0 amide bonds.